The van der Waals surface area contributed by atoms with Crippen LogP contribution in [0.15, 0.2) is 65.8 Å². The minimum absolute atomic E-state index is 0.116. The fourth-order valence-electron chi connectivity index (χ4n) is 8.23. The molecular formula is C49H65NO8. The van der Waals surface area contributed by atoms with Crippen molar-refractivity contribution in [1.82, 2.24) is 0 Å². The summed E-state index contributed by atoms with van der Waals surface area (Å²) < 4.78 is 24.6. The number of rotatable bonds is 20. The third-order valence-corrected chi connectivity index (χ3v) is 12.0. The molecule has 0 aliphatic carbocycles. The lowest BCUT2D eigenvalue weighted by atomic mass is 9.80. The van der Waals surface area contributed by atoms with E-state index in [9.17, 15) is 14.4 Å². The van der Waals surface area contributed by atoms with E-state index in [-0.39, 0.29) is 18.8 Å². The Balaban J connectivity index is 1.34. The molecule has 5 rings (SSSR count). The number of nitrogens with zero attached hydrogens (tertiary/aromatic N) is 1. The Morgan fingerprint density at radius 1 is 0.776 bits per heavy atom. The van der Waals surface area contributed by atoms with Gasteiger partial charge in [0.15, 0.2) is 6.10 Å². The summed E-state index contributed by atoms with van der Waals surface area (Å²) >= 11 is 0. The monoisotopic (exact) mass is 795 g/mol. The van der Waals surface area contributed by atoms with E-state index in [2.05, 4.69) is 39.8 Å². The summed E-state index contributed by atoms with van der Waals surface area (Å²) in [6.07, 6.45) is 11.6. The van der Waals surface area contributed by atoms with Crippen LogP contribution in [0.2, 0.25) is 0 Å². The van der Waals surface area contributed by atoms with E-state index in [1.165, 1.54) is 45.4 Å². The molecule has 3 unspecified atom stereocenters. The third kappa shape index (κ3) is 12.0. The van der Waals surface area contributed by atoms with Gasteiger partial charge in [-0.1, -0.05) is 114 Å². The lowest BCUT2D eigenvalue weighted by molar-refractivity contribution is -0.131. The number of carbonyl (C=O) groups excluding carboxylic acids is 3. The zero-order chi connectivity index (χ0) is 41.8. The van der Waals surface area contributed by atoms with Gasteiger partial charge in [-0.2, -0.15) is 0 Å². The van der Waals surface area contributed by atoms with Gasteiger partial charge in [0.05, 0.1) is 17.0 Å². The van der Waals surface area contributed by atoms with E-state index in [4.69, 9.17) is 23.8 Å². The van der Waals surface area contributed by atoms with E-state index < -0.39 is 29.9 Å². The second kappa shape index (κ2) is 20.9. The van der Waals surface area contributed by atoms with Crippen molar-refractivity contribution in [2.24, 2.45) is 28.8 Å². The van der Waals surface area contributed by atoms with Crippen molar-refractivity contribution in [2.75, 3.05) is 13.2 Å². The first-order chi connectivity index (χ1) is 27.8. The molecule has 314 valence electrons. The summed E-state index contributed by atoms with van der Waals surface area (Å²) in [4.78, 5) is 44.8. The predicted octanol–water partition coefficient (Wildman–Crippen LogP) is 11.2. The molecule has 3 aromatic rings. The fraction of sp³-hybridized carbons (Fsp3) is 0.551. The molecule has 0 amide bonds. The predicted molar refractivity (Wildman–Crippen MR) is 228 cm³/mol. The molecule has 2 aliphatic heterocycles. The summed E-state index contributed by atoms with van der Waals surface area (Å²) in [6, 6.07) is 17.5. The SMILES string of the molecule is CC(=O)Oc1c(C)c(C)c2c(c1C1=NO[C@@H](COC(=O)c3ccccc3)[C@H]1COC(=O)c1ccccc1)CCC(C)(CCCC(C)CCCC(C)CCCC(C)C)O2. The van der Waals surface area contributed by atoms with Crippen molar-refractivity contribution in [3.63, 3.8) is 0 Å². The maximum Gasteiger partial charge on any atom is 0.338 e. The van der Waals surface area contributed by atoms with Crippen LogP contribution in [0.3, 0.4) is 0 Å². The van der Waals surface area contributed by atoms with Gasteiger partial charge in [0, 0.05) is 18.1 Å². The molecule has 0 radical (unpaired) electrons. The Kier molecular flexibility index (Phi) is 16.0. The van der Waals surface area contributed by atoms with Crippen LogP contribution in [-0.4, -0.2) is 48.5 Å². The summed E-state index contributed by atoms with van der Waals surface area (Å²) in [5.74, 6) is 1.24. The molecule has 0 spiro atoms. The van der Waals surface area contributed by atoms with Crippen LogP contribution in [0.25, 0.3) is 0 Å². The Labute approximate surface area is 346 Å². The highest BCUT2D eigenvalue weighted by molar-refractivity contribution is 6.08. The molecule has 5 atom stereocenters. The number of hydrogen-bond donors (Lipinski definition) is 0. The van der Waals surface area contributed by atoms with Crippen LogP contribution >= 0.6 is 0 Å². The molecule has 0 N–H and O–H groups in total. The molecule has 2 heterocycles. The van der Waals surface area contributed by atoms with Gasteiger partial charge < -0.3 is 23.8 Å². The fourth-order valence-corrected chi connectivity index (χ4v) is 8.23. The lowest BCUT2D eigenvalue weighted by Crippen LogP contribution is -2.38. The van der Waals surface area contributed by atoms with Gasteiger partial charge in [-0.25, -0.2) is 9.59 Å². The van der Waals surface area contributed by atoms with Gasteiger partial charge >= 0.3 is 17.9 Å². The van der Waals surface area contributed by atoms with Crippen molar-refractivity contribution in [3.05, 3.63) is 94.0 Å². The number of benzene rings is 3. The summed E-state index contributed by atoms with van der Waals surface area (Å²) in [6.45, 7) is 16.6. The maximum atomic E-state index is 13.2. The van der Waals surface area contributed by atoms with E-state index in [0.717, 1.165) is 60.0 Å². The lowest BCUT2D eigenvalue weighted by Gasteiger charge is -2.39. The Morgan fingerprint density at radius 2 is 1.33 bits per heavy atom. The summed E-state index contributed by atoms with van der Waals surface area (Å²) in [7, 11) is 0. The molecule has 58 heavy (non-hydrogen) atoms. The first-order valence-electron chi connectivity index (χ1n) is 21.5. The molecule has 9 heteroatoms. The van der Waals surface area contributed by atoms with Gasteiger partial charge in [0.2, 0.25) is 0 Å². The molecule has 0 fully saturated rings. The van der Waals surface area contributed by atoms with Crippen molar-refractivity contribution >= 4 is 23.6 Å². The molecule has 0 aromatic heterocycles. The molecule has 9 nitrogen and oxygen atoms in total. The Bertz CT molecular complexity index is 1870. The quantitative estimate of drug-likeness (QED) is 0.0821. The average Bonchev–Trinajstić information content (AvgIpc) is 3.60. The molecule has 0 saturated heterocycles. The van der Waals surface area contributed by atoms with Crippen molar-refractivity contribution in [1.29, 1.82) is 0 Å². The minimum atomic E-state index is -0.779. The number of hydrogen-bond acceptors (Lipinski definition) is 9. The minimum Gasteiger partial charge on any atom is -0.487 e. The van der Waals surface area contributed by atoms with E-state index >= 15 is 0 Å². The number of fused-ring (bicyclic) bond motifs is 1. The van der Waals surface area contributed by atoms with Gasteiger partial charge in [0.1, 0.15) is 36.0 Å². The van der Waals surface area contributed by atoms with Crippen LogP contribution in [0, 0.1) is 37.5 Å². The highest BCUT2D eigenvalue weighted by Crippen LogP contribution is 2.47. The first kappa shape index (κ1) is 44.4. The van der Waals surface area contributed by atoms with E-state index in [1.807, 2.05) is 26.0 Å². The van der Waals surface area contributed by atoms with Crippen LogP contribution in [0.1, 0.15) is 149 Å². The van der Waals surface area contributed by atoms with Gasteiger partial charge in [-0.05, 0) is 99.6 Å². The zero-order valence-electron chi connectivity index (χ0n) is 36.1. The van der Waals surface area contributed by atoms with Gasteiger partial charge in [-0.15, -0.1) is 0 Å². The highest BCUT2D eigenvalue weighted by Gasteiger charge is 2.43. The number of esters is 3. The largest absolute Gasteiger partial charge is 0.487 e. The van der Waals surface area contributed by atoms with Gasteiger partial charge in [-0.3, -0.25) is 4.79 Å². The number of carbonyl (C=O) groups is 3. The van der Waals surface area contributed by atoms with Crippen LogP contribution < -0.4 is 9.47 Å². The topological polar surface area (TPSA) is 110 Å². The van der Waals surface area contributed by atoms with Crippen LogP contribution in [0.5, 0.6) is 11.5 Å². The highest BCUT2D eigenvalue weighted by atomic mass is 16.7. The zero-order valence-corrected chi connectivity index (χ0v) is 36.1. The third-order valence-electron chi connectivity index (χ3n) is 12.0. The molecule has 3 aromatic carbocycles. The smallest absolute Gasteiger partial charge is 0.338 e. The summed E-state index contributed by atoms with van der Waals surface area (Å²) in [5, 5.41) is 4.57. The average molecular weight is 796 g/mol. The first-order valence-corrected chi connectivity index (χ1v) is 21.5. The van der Waals surface area contributed by atoms with Crippen molar-refractivity contribution in [2.45, 2.75) is 138 Å². The van der Waals surface area contributed by atoms with E-state index in [0.29, 0.717) is 40.5 Å². The summed E-state index contributed by atoms with van der Waals surface area (Å²) in [5.41, 5.74) is 4.01. The normalized spacial score (nSPS) is 19.6. The Morgan fingerprint density at radius 3 is 1.90 bits per heavy atom. The molecular weight excluding hydrogens is 731 g/mol. The maximum absolute atomic E-state index is 13.2. The standard InChI is InChI=1S/C49H65NO8/c1-32(2)18-15-19-33(3)20-16-21-34(4)22-17-28-49(8)29-27-40-43(46(56-37(7)51)36(6)35(5)45(40)57-49)44-41(30-54-47(52)38-23-11-9-12-24-38)42(58-50-44)31-55-48(53)39-25-13-10-14-26-39/h9-14,23-26,32-34,41-42H,15-22,27-31H2,1-8H3/t33?,34?,41-,42+,49?/m1/s1. The molecule has 0 bridgehead atoms. The van der Waals surface area contributed by atoms with Crippen LogP contribution in [0.4, 0.5) is 0 Å². The van der Waals surface area contributed by atoms with E-state index in [1.54, 1.807) is 48.5 Å². The number of ether oxygens (including phenoxy) is 4. The Hall–Kier alpha value is -4.66. The second-order valence-corrected chi connectivity index (χ2v) is 17.4. The van der Waals surface area contributed by atoms with Crippen LogP contribution in [-0.2, 0) is 25.5 Å². The van der Waals surface area contributed by atoms with Gasteiger partial charge in [0.25, 0.3) is 0 Å². The molecule has 2 aliphatic rings. The number of oxime groups is 1. The van der Waals surface area contributed by atoms with Crippen molar-refractivity contribution in [3.8, 4) is 11.5 Å². The second-order valence-electron chi connectivity index (χ2n) is 17.4. The van der Waals surface area contributed by atoms with Crippen molar-refractivity contribution < 1.29 is 38.2 Å². The molecule has 0 saturated carbocycles.